The Balaban J connectivity index is 2.24. The van der Waals surface area contributed by atoms with E-state index in [9.17, 15) is 5.11 Å². The van der Waals surface area contributed by atoms with Crippen LogP contribution in [-0.2, 0) is 4.74 Å². The Labute approximate surface area is 206 Å². The lowest BCUT2D eigenvalue weighted by Gasteiger charge is -2.38. The number of hydrogen-bond donors (Lipinski definition) is 2. The molecule has 186 valence electrons. The maximum Gasteiger partial charge on any atom is 0.203 e. The summed E-state index contributed by atoms with van der Waals surface area (Å²) < 4.78 is 5.62. The monoisotopic (exact) mass is 466 g/mol. The average Bonchev–Trinajstić information content (AvgIpc) is 3.12. The van der Waals surface area contributed by atoms with Crippen molar-refractivity contribution in [2.45, 2.75) is 58.7 Å². The molecule has 1 fully saturated rings. The van der Waals surface area contributed by atoms with Gasteiger partial charge in [0, 0.05) is 62.6 Å². The summed E-state index contributed by atoms with van der Waals surface area (Å²) in [6.45, 7) is 13.8. The van der Waals surface area contributed by atoms with E-state index in [1.807, 2.05) is 37.9 Å². The molecule has 2 aliphatic heterocycles. The number of rotatable bonds is 10. The topological polar surface area (TPSA) is 60.3 Å². The van der Waals surface area contributed by atoms with Crippen molar-refractivity contribution in [1.82, 2.24) is 15.1 Å². The molecule has 6 nitrogen and oxygen atoms in total. The van der Waals surface area contributed by atoms with Crippen molar-refractivity contribution >= 4 is 5.96 Å². The Morgan fingerprint density at radius 3 is 2.88 bits per heavy atom. The Morgan fingerprint density at radius 1 is 1.38 bits per heavy atom. The van der Waals surface area contributed by atoms with Crippen molar-refractivity contribution in [3.8, 4) is 12.3 Å². The minimum atomic E-state index is -0.721. The van der Waals surface area contributed by atoms with E-state index in [4.69, 9.17) is 16.2 Å². The second kappa shape index (κ2) is 14.6. The number of ether oxygens (including phenoxy) is 1. The van der Waals surface area contributed by atoms with Gasteiger partial charge in [0.1, 0.15) is 0 Å². The van der Waals surface area contributed by atoms with Gasteiger partial charge in [0.2, 0.25) is 5.96 Å². The molecule has 2 unspecified atom stereocenters. The molecule has 34 heavy (non-hydrogen) atoms. The largest absolute Gasteiger partial charge is 0.380 e. The zero-order valence-electron chi connectivity index (χ0n) is 21.4. The standard InChI is InChI=1S/C28H42N4O2/c1-7-10-12-24(9-3)15-16-29-23(5)21-26-25(14-13-22(4)8-2)27(33)31(6)28(30-26)32-17-11-19-34-20-18-32/h3,7-8,10,13,15,23,27,29,33H,2,11-12,14,16-21H2,1,4-6H3/b10-7-,22-13-,24-15-. The minimum Gasteiger partial charge on any atom is -0.380 e. The molecule has 6 heteroatoms. The van der Waals surface area contributed by atoms with E-state index >= 15 is 0 Å². The minimum absolute atomic E-state index is 0.166. The van der Waals surface area contributed by atoms with Gasteiger partial charge in [0.05, 0.1) is 6.61 Å². The maximum atomic E-state index is 11.3. The van der Waals surface area contributed by atoms with E-state index in [0.29, 0.717) is 26.0 Å². The zero-order valence-corrected chi connectivity index (χ0v) is 21.4. The van der Waals surface area contributed by atoms with E-state index < -0.39 is 6.23 Å². The first-order valence-electron chi connectivity index (χ1n) is 12.2. The van der Waals surface area contributed by atoms with Gasteiger partial charge in [-0.2, -0.15) is 0 Å². The van der Waals surface area contributed by atoms with Crippen LogP contribution in [0.4, 0.5) is 0 Å². The number of aliphatic hydroxyl groups is 1. The van der Waals surface area contributed by atoms with Crippen molar-refractivity contribution in [3.63, 3.8) is 0 Å². The summed E-state index contributed by atoms with van der Waals surface area (Å²) in [5, 5.41) is 14.8. The molecular formula is C28H42N4O2. The molecule has 1 saturated heterocycles. The SMILES string of the molecule is C#C/C(=C/CNC(C)CC1=C(C/C=C(/C)C=C)C(O)N(C)C(N2CCCOCC2)=N1)C/C=C\C. The summed E-state index contributed by atoms with van der Waals surface area (Å²) >= 11 is 0. The fourth-order valence-corrected chi connectivity index (χ4v) is 3.95. The summed E-state index contributed by atoms with van der Waals surface area (Å²) in [5.41, 5.74) is 3.93. The fourth-order valence-electron chi connectivity index (χ4n) is 3.95. The van der Waals surface area contributed by atoms with Crippen LogP contribution in [0.2, 0.25) is 0 Å². The van der Waals surface area contributed by atoms with Crippen LogP contribution >= 0.6 is 0 Å². The Kier molecular flexibility index (Phi) is 11.9. The maximum absolute atomic E-state index is 11.3. The third-order valence-corrected chi connectivity index (χ3v) is 6.14. The Bertz CT molecular complexity index is 867. The Hall–Kier alpha value is -2.59. The molecule has 0 aromatic rings. The molecule has 0 aromatic carbocycles. The van der Waals surface area contributed by atoms with Crippen molar-refractivity contribution in [2.24, 2.45) is 4.99 Å². The van der Waals surface area contributed by atoms with Crippen molar-refractivity contribution < 1.29 is 9.84 Å². The second-order valence-corrected chi connectivity index (χ2v) is 8.84. The van der Waals surface area contributed by atoms with Gasteiger partial charge in [-0.3, -0.25) is 0 Å². The normalized spacial score (nSPS) is 21.4. The third kappa shape index (κ3) is 8.32. The van der Waals surface area contributed by atoms with Gasteiger partial charge >= 0.3 is 0 Å². The number of aliphatic imine (C=N–C) groups is 1. The smallest absolute Gasteiger partial charge is 0.203 e. The van der Waals surface area contributed by atoms with Gasteiger partial charge in [-0.15, -0.1) is 6.42 Å². The van der Waals surface area contributed by atoms with Crippen LogP contribution in [-0.4, -0.2) is 73.0 Å². The predicted molar refractivity (Wildman–Crippen MR) is 142 cm³/mol. The second-order valence-electron chi connectivity index (χ2n) is 8.84. The lowest BCUT2D eigenvalue weighted by atomic mass is 10.00. The quantitative estimate of drug-likeness (QED) is 0.290. The first-order chi connectivity index (χ1) is 16.4. The van der Waals surface area contributed by atoms with Gasteiger partial charge in [0.25, 0.3) is 0 Å². The average molecular weight is 467 g/mol. The van der Waals surface area contributed by atoms with Gasteiger partial charge in [-0.1, -0.05) is 48.5 Å². The van der Waals surface area contributed by atoms with Crippen LogP contribution in [0, 0.1) is 12.3 Å². The molecule has 2 rings (SSSR count). The van der Waals surface area contributed by atoms with Gasteiger partial charge < -0.3 is 25.0 Å². The zero-order chi connectivity index (χ0) is 24.9. The lowest BCUT2D eigenvalue weighted by Crippen LogP contribution is -2.50. The first-order valence-corrected chi connectivity index (χ1v) is 12.2. The van der Waals surface area contributed by atoms with E-state index in [1.165, 1.54) is 0 Å². The highest BCUT2D eigenvalue weighted by molar-refractivity contribution is 5.82. The van der Waals surface area contributed by atoms with Crippen LogP contribution < -0.4 is 5.32 Å². The molecule has 0 aromatic heterocycles. The summed E-state index contributed by atoms with van der Waals surface area (Å²) in [4.78, 5) is 9.18. The van der Waals surface area contributed by atoms with Crippen molar-refractivity contribution in [1.29, 1.82) is 0 Å². The molecule has 0 radical (unpaired) electrons. The molecule has 2 atom stereocenters. The molecule has 2 N–H and O–H groups in total. The lowest BCUT2D eigenvalue weighted by molar-refractivity contribution is 0.0839. The van der Waals surface area contributed by atoms with Crippen LogP contribution in [0.3, 0.4) is 0 Å². The summed E-state index contributed by atoms with van der Waals surface area (Å²) in [6.07, 6.45) is 18.1. The number of aliphatic hydroxyl groups excluding tert-OH is 1. The van der Waals surface area contributed by atoms with Crippen LogP contribution in [0.25, 0.3) is 0 Å². The van der Waals surface area contributed by atoms with E-state index in [1.54, 1.807) is 0 Å². The summed E-state index contributed by atoms with van der Waals surface area (Å²) in [5.74, 6) is 3.57. The number of nitrogens with one attached hydrogen (secondary N) is 1. The molecule has 2 heterocycles. The van der Waals surface area contributed by atoms with Gasteiger partial charge in [-0.05, 0) is 40.0 Å². The van der Waals surface area contributed by atoms with Crippen molar-refractivity contribution in [2.75, 3.05) is 39.9 Å². The summed E-state index contributed by atoms with van der Waals surface area (Å²) in [6, 6.07) is 0.166. The number of likely N-dealkylation sites (N-methyl/N-ethyl adjacent to an activating group) is 1. The van der Waals surface area contributed by atoms with Crippen LogP contribution in [0.15, 0.2) is 64.4 Å². The van der Waals surface area contributed by atoms with E-state index in [-0.39, 0.29) is 6.04 Å². The first kappa shape index (κ1) is 27.7. The van der Waals surface area contributed by atoms with Crippen LogP contribution in [0.5, 0.6) is 0 Å². The molecule has 2 aliphatic rings. The summed E-state index contributed by atoms with van der Waals surface area (Å²) in [7, 11) is 1.91. The van der Waals surface area contributed by atoms with E-state index in [0.717, 1.165) is 60.9 Å². The van der Waals surface area contributed by atoms with E-state index in [2.05, 4.69) is 47.9 Å². The molecular weight excluding hydrogens is 424 g/mol. The number of guanidine groups is 1. The third-order valence-electron chi connectivity index (χ3n) is 6.14. The molecule has 0 aliphatic carbocycles. The number of nitrogens with zero attached hydrogens (tertiary/aromatic N) is 3. The Morgan fingerprint density at radius 2 is 2.18 bits per heavy atom. The predicted octanol–water partition coefficient (Wildman–Crippen LogP) is 4.00. The van der Waals surface area contributed by atoms with Gasteiger partial charge in [0.15, 0.2) is 6.23 Å². The highest BCUT2D eigenvalue weighted by Crippen LogP contribution is 2.28. The van der Waals surface area contributed by atoms with Gasteiger partial charge in [-0.25, -0.2) is 4.99 Å². The molecule has 0 amide bonds. The highest BCUT2D eigenvalue weighted by Gasteiger charge is 2.31. The molecule has 0 saturated carbocycles. The molecule has 0 spiro atoms. The number of hydrogen-bond acceptors (Lipinski definition) is 6. The van der Waals surface area contributed by atoms with Crippen molar-refractivity contribution in [3.05, 3.63) is 59.4 Å². The molecule has 0 bridgehead atoms. The number of allylic oxidation sites excluding steroid dienone is 6. The fraction of sp³-hybridized carbons (Fsp3) is 0.536. The van der Waals surface area contributed by atoms with Crippen LogP contribution in [0.1, 0.15) is 46.5 Å². The highest BCUT2D eigenvalue weighted by atomic mass is 16.5. The number of terminal acetylenes is 1.